The fourth-order valence-corrected chi connectivity index (χ4v) is 16.4. The maximum absolute atomic E-state index is 11.5. The van der Waals surface area contributed by atoms with Crippen molar-refractivity contribution in [3.63, 3.8) is 0 Å². The number of amides is 1. The quantitative estimate of drug-likeness (QED) is 0.550. The third kappa shape index (κ3) is 6.26. The number of carbonyl (C=O) groups is 1. The van der Waals surface area contributed by atoms with Crippen molar-refractivity contribution in [3.8, 4) is 0 Å². The zero-order chi connectivity index (χ0) is 14.0. The van der Waals surface area contributed by atoms with E-state index in [2.05, 4.69) is 31.4 Å². The van der Waals surface area contributed by atoms with Crippen molar-refractivity contribution in [1.29, 1.82) is 0 Å². The standard InChI is InChI=1S/C5H10NO.2C4H9.C2H3.Sn/c1-3-4(2)5(6)7;2*1-3-4-2;1-2;/h4H,2-3H2,1H3,(H2,6,7);2*1,3-4H2,2H3;1H,2H2;. The van der Waals surface area contributed by atoms with E-state index in [1.54, 1.807) is 0 Å². The summed E-state index contributed by atoms with van der Waals surface area (Å²) in [4.78, 5) is 11.5. The van der Waals surface area contributed by atoms with Crippen LogP contribution in [0.15, 0.2) is 10.7 Å². The molecule has 2 N–H and O–H groups in total. The maximum atomic E-state index is 11.5. The van der Waals surface area contributed by atoms with Gasteiger partial charge in [0.05, 0.1) is 0 Å². The van der Waals surface area contributed by atoms with Crippen LogP contribution >= 0.6 is 0 Å². The molecule has 106 valence electrons. The van der Waals surface area contributed by atoms with E-state index in [4.69, 9.17) is 5.73 Å². The Hall–Kier alpha value is 0.00870. The van der Waals surface area contributed by atoms with Crippen molar-refractivity contribution < 1.29 is 4.79 Å². The van der Waals surface area contributed by atoms with Crippen LogP contribution in [0.4, 0.5) is 0 Å². The number of unbranched alkanes of at least 4 members (excludes halogenated alkanes) is 2. The van der Waals surface area contributed by atoms with Crippen LogP contribution in [-0.2, 0) is 4.79 Å². The molecule has 2 nitrogen and oxygen atoms in total. The van der Waals surface area contributed by atoms with Crippen LogP contribution in [0, 0.1) is 5.92 Å². The second kappa shape index (κ2) is 9.88. The Morgan fingerprint density at radius 1 is 1.22 bits per heavy atom. The van der Waals surface area contributed by atoms with Gasteiger partial charge in [-0.3, -0.25) is 0 Å². The van der Waals surface area contributed by atoms with Crippen molar-refractivity contribution in [2.45, 2.75) is 66.2 Å². The monoisotopic (exact) mass is 361 g/mol. The van der Waals surface area contributed by atoms with Crippen LogP contribution in [0.1, 0.15) is 52.9 Å². The Bertz CT molecular complexity index is 245. The fraction of sp³-hybridized carbons (Fsp3) is 0.800. The minimum absolute atomic E-state index is 0.0903. The van der Waals surface area contributed by atoms with E-state index in [1.165, 1.54) is 34.6 Å². The number of carbonyl (C=O) groups excluding carboxylic acids is 1. The first kappa shape index (κ1) is 18.0. The topological polar surface area (TPSA) is 43.1 Å². The van der Waals surface area contributed by atoms with Gasteiger partial charge in [0.15, 0.2) is 0 Å². The van der Waals surface area contributed by atoms with E-state index < -0.39 is 18.4 Å². The molecule has 0 radical (unpaired) electrons. The molecule has 0 aromatic carbocycles. The van der Waals surface area contributed by atoms with E-state index in [1.807, 2.05) is 0 Å². The molecule has 1 unspecified atom stereocenters. The summed E-state index contributed by atoms with van der Waals surface area (Å²) in [5, 5.41) is 0. The molecule has 0 aliphatic carbocycles. The molecule has 0 aliphatic heterocycles. The Labute approximate surface area is 117 Å². The first-order valence-electron chi connectivity index (χ1n) is 7.48. The third-order valence-electron chi connectivity index (χ3n) is 4.04. The average molecular weight is 360 g/mol. The van der Waals surface area contributed by atoms with Crippen molar-refractivity contribution >= 4 is 24.3 Å². The van der Waals surface area contributed by atoms with Gasteiger partial charge in [0.2, 0.25) is 0 Å². The van der Waals surface area contributed by atoms with Gasteiger partial charge in [0.1, 0.15) is 0 Å². The van der Waals surface area contributed by atoms with Crippen molar-refractivity contribution in [1.82, 2.24) is 0 Å². The van der Waals surface area contributed by atoms with Crippen LogP contribution in [0.3, 0.4) is 0 Å². The summed E-state index contributed by atoms with van der Waals surface area (Å²) in [5.74, 6) is -0.0130. The van der Waals surface area contributed by atoms with Gasteiger partial charge in [0.25, 0.3) is 0 Å². The van der Waals surface area contributed by atoms with Crippen LogP contribution in [0.25, 0.3) is 0 Å². The molecule has 3 heteroatoms. The van der Waals surface area contributed by atoms with Gasteiger partial charge in [-0.05, 0) is 0 Å². The van der Waals surface area contributed by atoms with E-state index in [-0.39, 0.29) is 11.8 Å². The molecule has 0 fully saturated rings. The average Bonchev–Trinajstić information content (AvgIpc) is 2.38. The number of rotatable bonds is 11. The predicted molar refractivity (Wildman–Crippen MR) is 83.2 cm³/mol. The second-order valence-electron chi connectivity index (χ2n) is 5.49. The van der Waals surface area contributed by atoms with Crippen molar-refractivity contribution in [3.05, 3.63) is 10.7 Å². The summed E-state index contributed by atoms with van der Waals surface area (Å²) in [6.07, 6.45) is 5.96. The van der Waals surface area contributed by atoms with Crippen LogP contribution in [0.2, 0.25) is 13.3 Å². The molecule has 0 aromatic heterocycles. The molecular formula is C15H31NOSn. The molecule has 0 saturated carbocycles. The molecule has 0 heterocycles. The normalized spacial score (nSPS) is 13.3. The Morgan fingerprint density at radius 3 is 2.00 bits per heavy atom. The van der Waals surface area contributed by atoms with Crippen LogP contribution in [-0.4, -0.2) is 24.3 Å². The van der Waals surface area contributed by atoms with Gasteiger partial charge in [-0.2, -0.15) is 0 Å². The summed E-state index contributed by atoms with van der Waals surface area (Å²) < 4.78 is 6.08. The molecule has 0 aliphatic rings. The number of hydrogen-bond acceptors (Lipinski definition) is 1. The third-order valence-corrected chi connectivity index (χ3v) is 17.9. The summed E-state index contributed by atoms with van der Waals surface area (Å²) >= 11 is -2.32. The Balaban J connectivity index is 4.78. The van der Waals surface area contributed by atoms with Gasteiger partial charge in [-0.15, -0.1) is 0 Å². The number of primary amides is 1. The minimum atomic E-state index is -2.32. The molecule has 1 amide bonds. The molecule has 0 aromatic rings. The summed E-state index contributed by atoms with van der Waals surface area (Å²) in [7, 11) is 0. The van der Waals surface area contributed by atoms with E-state index in [0.29, 0.717) is 0 Å². The van der Waals surface area contributed by atoms with Crippen LogP contribution < -0.4 is 5.73 Å². The summed E-state index contributed by atoms with van der Waals surface area (Å²) in [6, 6.07) is 0. The van der Waals surface area contributed by atoms with Gasteiger partial charge in [-0.1, -0.05) is 0 Å². The summed E-state index contributed by atoms with van der Waals surface area (Å²) in [5.41, 5.74) is 5.53. The predicted octanol–water partition coefficient (Wildman–Crippen LogP) is 4.27. The van der Waals surface area contributed by atoms with Gasteiger partial charge < -0.3 is 0 Å². The SMILES string of the molecule is C=[CH][Sn]([CH2]CCC)([CH2]CCC)[CH2]C(CC)C(N)=O. The van der Waals surface area contributed by atoms with E-state index in [0.717, 1.165) is 10.9 Å². The second-order valence-corrected chi connectivity index (χ2v) is 18.4. The van der Waals surface area contributed by atoms with Crippen molar-refractivity contribution in [2.75, 3.05) is 0 Å². The molecule has 1 atom stereocenters. The van der Waals surface area contributed by atoms with Crippen LogP contribution in [0.5, 0.6) is 0 Å². The zero-order valence-corrected chi connectivity index (χ0v) is 15.4. The van der Waals surface area contributed by atoms with Gasteiger partial charge >= 0.3 is 118 Å². The molecule has 0 bridgehead atoms. The first-order chi connectivity index (χ1) is 8.55. The van der Waals surface area contributed by atoms with Crippen molar-refractivity contribution in [2.24, 2.45) is 11.7 Å². The van der Waals surface area contributed by atoms with Gasteiger partial charge in [0, 0.05) is 0 Å². The number of hydrogen-bond donors (Lipinski definition) is 1. The first-order valence-corrected chi connectivity index (χ1v) is 15.2. The molecule has 18 heavy (non-hydrogen) atoms. The van der Waals surface area contributed by atoms with E-state index in [9.17, 15) is 4.79 Å². The molecule has 0 saturated heterocycles. The van der Waals surface area contributed by atoms with E-state index >= 15 is 0 Å². The Kier molecular flexibility index (Phi) is 9.88. The molecular weight excluding hydrogens is 329 g/mol. The molecule has 0 rings (SSSR count). The number of nitrogens with two attached hydrogens (primary N) is 1. The van der Waals surface area contributed by atoms with Gasteiger partial charge in [-0.25, -0.2) is 0 Å². The molecule has 0 spiro atoms. The fourth-order valence-electron chi connectivity index (χ4n) is 2.61. The Morgan fingerprint density at radius 2 is 1.72 bits per heavy atom. The summed E-state index contributed by atoms with van der Waals surface area (Å²) in [6.45, 7) is 10.7. The zero-order valence-electron chi connectivity index (χ0n) is 12.5.